The second kappa shape index (κ2) is 11.2. The Kier molecular flexibility index (Phi) is 7.61. The molecule has 172 valence electrons. The van der Waals surface area contributed by atoms with Crippen molar-refractivity contribution in [1.82, 2.24) is 0 Å². The van der Waals surface area contributed by atoms with Gasteiger partial charge in [-0.2, -0.15) is 0 Å². The van der Waals surface area contributed by atoms with Crippen LogP contribution < -0.4 is 9.47 Å². The molecule has 4 nitrogen and oxygen atoms in total. The minimum Gasteiger partial charge on any atom is -0.507 e. The molecular formula is C30H29NO3. The third-order valence-corrected chi connectivity index (χ3v) is 5.65. The molecule has 0 aliphatic rings. The molecular weight excluding hydrogens is 422 g/mol. The lowest BCUT2D eigenvalue weighted by molar-refractivity contribution is 0.216. The summed E-state index contributed by atoms with van der Waals surface area (Å²) >= 11 is 0. The van der Waals surface area contributed by atoms with Gasteiger partial charge in [-0.3, -0.25) is 0 Å². The third kappa shape index (κ3) is 5.65. The number of benzene rings is 4. The molecule has 0 amide bonds. The van der Waals surface area contributed by atoms with Crippen molar-refractivity contribution in [2.75, 3.05) is 13.2 Å². The first kappa shape index (κ1) is 23.1. The van der Waals surface area contributed by atoms with Gasteiger partial charge in [-0.1, -0.05) is 74.0 Å². The Morgan fingerprint density at radius 1 is 0.765 bits per heavy atom. The van der Waals surface area contributed by atoms with Crippen LogP contribution in [0.3, 0.4) is 0 Å². The molecule has 0 aliphatic heterocycles. The Morgan fingerprint density at radius 2 is 1.50 bits per heavy atom. The van der Waals surface area contributed by atoms with Gasteiger partial charge in [0.05, 0.1) is 0 Å². The van der Waals surface area contributed by atoms with E-state index >= 15 is 0 Å². The summed E-state index contributed by atoms with van der Waals surface area (Å²) in [6.07, 6.45) is 3.31. The monoisotopic (exact) mass is 451 g/mol. The summed E-state index contributed by atoms with van der Waals surface area (Å²) in [6, 6.07) is 29.3. The smallest absolute Gasteiger partial charge is 0.123 e. The van der Waals surface area contributed by atoms with Gasteiger partial charge in [-0.25, -0.2) is 0 Å². The highest BCUT2D eigenvalue weighted by Gasteiger charge is 2.09. The third-order valence-electron chi connectivity index (χ3n) is 5.65. The van der Waals surface area contributed by atoms with E-state index in [4.69, 9.17) is 14.9 Å². The number of aromatic hydroxyl groups is 1. The summed E-state index contributed by atoms with van der Waals surface area (Å²) in [7, 11) is 0. The number of hydrogen-bond donors (Lipinski definition) is 2. The molecule has 2 N–H and O–H groups in total. The van der Waals surface area contributed by atoms with Gasteiger partial charge >= 0.3 is 0 Å². The van der Waals surface area contributed by atoms with Crippen LogP contribution in [0.4, 0.5) is 0 Å². The molecule has 0 heterocycles. The topological polar surface area (TPSA) is 62.5 Å². The van der Waals surface area contributed by atoms with Gasteiger partial charge in [0.15, 0.2) is 0 Å². The quantitative estimate of drug-likeness (QED) is 0.199. The first-order chi connectivity index (χ1) is 16.7. The molecule has 0 atom stereocenters. The average Bonchev–Trinajstić information content (AvgIpc) is 2.89. The average molecular weight is 452 g/mol. The van der Waals surface area contributed by atoms with Crippen LogP contribution in [0.25, 0.3) is 22.3 Å². The zero-order valence-electron chi connectivity index (χ0n) is 19.3. The van der Waals surface area contributed by atoms with Gasteiger partial charge in [0.25, 0.3) is 0 Å². The Labute approximate surface area is 200 Å². The van der Waals surface area contributed by atoms with Crippen LogP contribution in [-0.4, -0.2) is 24.5 Å². The standard InChI is InChI=1S/C30H29NO3/c1-2-6-26-19-25(23-11-9-22(21-31)10-12-23)13-16-30(26)34-18-17-33-27-14-15-29(32)28(20-27)24-7-4-3-5-8-24/h3-5,7-16,19-21,31-32H,2,6,17-18H2,1H3. The number of ether oxygens (including phenoxy) is 2. The number of rotatable bonds is 10. The summed E-state index contributed by atoms with van der Waals surface area (Å²) < 4.78 is 12.0. The lowest BCUT2D eigenvalue weighted by Gasteiger charge is -2.14. The maximum Gasteiger partial charge on any atom is 0.123 e. The second-order valence-electron chi connectivity index (χ2n) is 8.08. The van der Waals surface area contributed by atoms with Crippen molar-refractivity contribution >= 4 is 6.21 Å². The zero-order valence-corrected chi connectivity index (χ0v) is 19.3. The SMILES string of the molecule is CCCc1cc(-c2ccc(C=N)cc2)ccc1OCCOc1ccc(O)c(-c2ccccc2)c1. The highest BCUT2D eigenvalue weighted by atomic mass is 16.5. The van der Waals surface area contributed by atoms with Crippen LogP contribution in [0.2, 0.25) is 0 Å². The first-order valence-corrected chi connectivity index (χ1v) is 11.6. The van der Waals surface area contributed by atoms with Crippen molar-refractivity contribution in [3.05, 3.63) is 102 Å². The predicted octanol–water partition coefficient (Wildman–Crippen LogP) is 7.13. The maximum atomic E-state index is 10.2. The van der Waals surface area contributed by atoms with Crippen LogP contribution in [0.1, 0.15) is 24.5 Å². The van der Waals surface area contributed by atoms with Gasteiger partial charge in [-0.05, 0) is 64.6 Å². The van der Waals surface area contributed by atoms with E-state index in [2.05, 4.69) is 19.1 Å². The fourth-order valence-electron chi connectivity index (χ4n) is 3.90. The van der Waals surface area contributed by atoms with Gasteiger partial charge in [0, 0.05) is 11.8 Å². The normalized spacial score (nSPS) is 10.6. The number of aryl methyl sites for hydroxylation is 1. The highest BCUT2D eigenvalue weighted by molar-refractivity contribution is 5.79. The fourth-order valence-corrected chi connectivity index (χ4v) is 3.90. The number of phenolic OH excluding ortho intramolecular Hbond substituents is 1. The largest absolute Gasteiger partial charge is 0.507 e. The molecule has 0 unspecified atom stereocenters. The predicted molar refractivity (Wildman–Crippen MR) is 138 cm³/mol. The Morgan fingerprint density at radius 3 is 2.24 bits per heavy atom. The second-order valence-corrected chi connectivity index (χ2v) is 8.08. The number of nitrogens with one attached hydrogen (secondary N) is 1. The number of hydrogen-bond acceptors (Lipinski definition) is 4. The van der Waals surface area contributed by atoms with E-state index in [0.717, 1.165) is 46.4 Å². The summed E-state index contributed by atoms with van der Waals surface area (Å²) in [4.78, 5) is 0. The van der Waals surface area contributed by atoms with Gasteiger partial charge < -0.3 is 20.0 Å². The van der Waals surface area contributed by atoms with E-state index in [9.17, 15) is 5.11 Å². The van der Waals surface area contributed by atoms with E-state index < -0.39 is 0 Å². The van der Waals surface area contributed by atoms with Crippen molar-refractivity contribution in [2.24, 2.45) is 0 Å². The minimum absolute atomic E-state index is 0.228. The summed E-state index contributed by atoms with van der Waals surface area (Å²) in [5, 5.41) is 17.6. The molecule has 0 radical (unpaired) electrons. The highest BCUT2D eigenvalue weighted by Crippen LogP contribution is 2.32. The molecule has 4 rings (SSSR count). The van der Waals surface area contributed by atoms with Crippen molar-refractivity contribution in [1.29, 1.82) is 5.41 Å². The van der Waals surface area contributed by atoms with E-state index in [-0.39, 0.29) is 5.75 Å². The van der Waals surface area contributed by atoms with Crippen molar-refractivity contribution < 1.29 is 14.6 Å². The van der Waals surface area contributed by atoms with Crippen molar-refractivity contribution in [2.45, 2.75) is 19.8 Å². The molecule has 0 aromatic heterocycles. The van der Waals surface area contributed by atoms with E-state index in [1.165, 1.54) is 11.8 Å². The lowest BCUT2D eigenvalue weighted by Crippen LogP contribution is -2.10. The summed E-state index contributed by atoms with van der Waals surface area (Å²) in [5.41, 5.74) is 6.02. The van der Waals surface area contributed by atoms with Crippen LogP contribution >= 0.6 is 0 Å². The van der Waals surface area contributed by atoms with E-state index in [0.29, 0.717) is 19.0 Å². The maximum absolute atomic E-state index is 10.2. The zero-order chi connectivity index (χ0) is 23.8. The number of phenols is 1. The van der Waals surface area contributed by atoms with Gasteiger partial charge in [-0.15, -0.1) is 0 Å². The molecule has 4 heteroatoms. The first-order valence-electron chi connectivity index (χ1n) is 11.6. The molecule has 0 saturated carbocycles. The van der Waals surface area contributed by atoms with E-state index in [1.54, 1.807) is 12.1 Å². The Hall–Kier alpha value is -4.05. The van der Waals surface area contributed by atoms with Crippen molar-refractivity contribution in [3.8, 4) is 39.5 Å². The Balaban J connectivity index is 1.40. The minimum atomic E-state index is 0.228. The van der Waals surface area contributed by atoms with Gasteiger partial charge in [0.2, 0.25) is 0 Å². The summed E-state index contributed by atoms with van der Waals surface area (Å²) in [6.45, 7) is 2.98. The Bertz CT molecular complexity index is 1230. The van der Waals surface area contributed by atoms with Gasteiger partial charge in [0.1, 0.15) is 30.5 Å². The fraction of sp³-hybridized carbons (Fsp3) is 0.167. The molecule has 0 bridgehead atoms. The lowest BCUT2D eigenvalue weighted by atomic mass is 9.99. The van der Waals surface area contributed by atoms with E-state index in [1.807, 2.05) is 66.7 Å². The molecule has 0 spiro atoms. The molecule has 0 saturated heterocycles. The molecule has 34 heavy (non-hydrogen) atoms. The van der Waals surface area contributed by atoms with Crippen LogP contribution in [0.15, 0.2) is 91.0 Å². The summed E-state index contributed by atoms with van der Waals surface area (Å²) in [5.74, 6) is 1.80. The molecule has 0 fully saturated rings. The van der Waals surface area contributed by atoms with Crippen LogP contribution in [0, 0.1) is 5.41 Å². The molecule has 0 aliphatic carbocycles. The van der Waals surface area contributed by atoms with Crippen LogP contribution in [-0.2, 0) is 6.42 Å². The molecule has 4 aromatic carbocycles. The van der Waals surface area contributed by atoms with Crippen LogP contribution in [0.5, 0.6) is 17.2 Å². The van der Waals surface area contributed by atoms with Crippen molar-refractivity contribution in [3.63, 3.8) is 0 Å². The molecule has 4 aromatic rings.